The van der Waals surface area contributed by atoms with Gasteiger partial charge in [-0.05, 0) is 18.6 Å². The monoisotopic (exact) mass is 242 g/mol. The molecule has 90 valence electrons. The van der Waals surface area contributed by atoms with Gasteiger partial charge in [0.15, 0.2) is 5.69 Å². The van der Waals surface area contributed by atoms with E-state index in [-0.39, 0.29) is 5.69 Å². The van der Waals surface area contributed by atoms with Crippen LogP contribution in [0.3, 0.4) is 0 Å². The average Bonchev–Trinajstić information content (AvgIpc) is 2.34. The van der Waals surface area contributed by atoms with Gasteiger partial charge in [0.25, 0.3) is 5.56 Å². The van der Waals surface area contributed by atoms with Crippen molar-refractivity contribution in [3.63, 3.8) is 0 Å². The summed E-state index contributed by atoms with van der Waals surface area (Å²) in [5, 5.41) is 8.91. The normalized spacial score (nSPS) is 9.78. The van der Waals surface area contributed by atoms with E-state index in [1.165, 1.54) is 0 Å². The van der Waals surface area contributed by atoms with Crippen LogP contribution in [0, 0.1) is 18.3 Å². The van der Waals surface area contributed by atoms with Gasteiger partial charge in [-0.1, -0.05) is 18.2 Å². The summed E-state index contributed by atoms with van der Waals surface area (Å²) < 4.78 is 1.00. The van der Waals surface area contributed by atoms with Crippen LogP contribution in [-0.2, 0) is 0 Å². The lowest BCUT2D eigenvalue weighted by atomic mass is 10.2. The molecule has 0 radical (unpaired) electrons. The fourth-order valence-corrected chi connectivity index (χ4v) is 1.51. The van der Waals surface area contributed by atoms with Gasteiger partial charge in [-0.15, -0.1) is 0 Å². The van der Waals surface area contributed by atoms with Gasteiger partial charge in [0.2, 0.25) is 0 Å². The van der Waals surface area contributed by atoms with Crippen LogP contribution in [-0.4, -0.2) is 9.66 Å². The van der Waals surface area contributed by atoms with Crippen molar-refractivity contribution in [3.8, 4) is 6.07 Å². The molecule has 0 spiro atoms. The molecular weight excluding hydrogens is 232 g/mol. The molecule has 0 unspecified atom stereocenters. The van der Waals surface area contributed by atoms with E-state index in [2.05, 4.69) is 10.4 Å². The highest BCUT2D eigenvalue weighted by Crippen LogP contribution is 2.12. The number of benzene rings is 1. The van der Waals surface area contributed by atoms with Crippen molar-refractivity contribution in [2.24, 2.45) is 0 Å². The predicted molar refractivity (Wildman–Crippen MR) is 66.2 cm³/mol. The Kier molecular flexibility index (Phi) is 2.98. The zero-order valence-corrected chi connectivity index (χ0v) is 9.60. The van der Waals surface area contributed by atoms with Crippen molar-refractivity contribution in [3.05, 3.63) is 62.4 Å². The molecule has 0 fully saturated rings. The predicted octanol–water partition coefficient (Wildman–Crippen LogP) is 0.592. The largest absolute Gasteiger partial charge is 0.348 e. The van der Waals surface area contributed by atoms with Crippen molar-refractivity contribution in [2.75, 3.05) is 5.43 Å². The number of H-pyrrole nitrogens is 1. The topological polar surface area (TPSA) is 90.7 Å². The van der Waals surface area contributed by atoms with E-state index in [1.54, 1.807) is 18.2 Å². The van der Waals surface area contributed by atoms with Crippen molar-refractivity contribution in [2.45, 2.75) is 6.92 Å². The second kappa shape index (κ2) is 4.59. The lowest BCUT2D eigenvalue weighted by molar-refractivity contribution is 0.814. The Hall–Kier alpha value is -2.81. The van der Waals surface area contributed by atoms with Crippen LogP contribution in [0.5, 0.6) is 0 Å². The summed E-state index contributed by atoms with van der Waals surface area (Å²) in [5.74, 6) is 0. The summed E-state index contributed by atoms with van der Waals surface area (Å²) in [6.45, 7) is 1.87. The van der Waals surface area contributed by atoms with E-state index in [0.29, 0.717) is 5.69 Å². The van der Waals surface area contributed by atoms with E-state index in [4.69, 9.17) is 5.26 Å². The quantitative estimate of drug-likeness (QED) is 0.806. The van der Waals surface area contributed by atoms with Gasteiger partial charge in [-0.25, -0.2) is 4.79 Å². The highest BCUT2D eigenvalue weighted by molar-refractivity contribution is 5.50. The molecule has 0 saturated carbocycles. The number of rotatable bonds is 2. The zero-order chi connectivity index (χ0) is 13.1. The average molecular weight is 242 g/mol. The van der Waals surface area contributed by atoms with Gasteiger partial charge in [0.05, 0.1) is 5.69 Å². The molecule has 0 atom stereocenters. The van der Waals surface area contributed by atoms with Crippen molar-refractivity contribution in [1.82, 2.24) is 9.66 Å². The lowest BCUT2D eigenvalue weighted by Gasteiger charge is -2.12. The van der Waals surface area contributed by atoms with Crippen molar-refractivity contribution in [1.29, 1.82) is 5.26 Å². The highest BCUT2D eigenvalue weighted by atomic mass is 16.2. The maximum absolute atomic E-state index is 11.6. The van der Waals surface area contributed by atoms with Gasteiger partial charge < -0.3 is 0 Å². The molecule has 0 bridgehead atoms. The molecule has 1 aromatic heterocycles. The van der Waals surface area contributed by atoms with Crippen molar-refractivity contribution >= 4 is 5.69 Å². The van der Waals surface area contributed by atoms with E-state index < -0.39 is 11.2 Å². The van der Waals surface area contributed by atoms with Crippen molar-refractivity contribution < 1.29 is 0 Å². The number of nitrogens with one attached hydrogen (secondary N) is 2. The number of nitrogens with zero attached hydrogens (tertiary/aromatic N) is 2. The number of hydrogen-bond acceptors (Lipinski definition) is 4. The summed E-state index contributed by atoms with van der Waals surface area (Å²) in [7, 11) is 0. The number of hydrogen-bond donors (Lipinski definition) is 2. The van der Waals surface area contributed by atoms with E-state index in [0.717, 1.165) is 16.3 Å². The fourth-order valence-electron chi connectivity index (χ4n) is 1.51. The van der Waals surface area contributed by atoms with Crippen LogP contribution in [0.15, 0.2) is 39.9 Å². The molecule has 2 aromatic rings. The summed E-state index contributed by atoms with van der Waals surface area (Å²) in [4.78, 5) is 24.8. The Bertz CT molecular complexity index is 737. The SMILES string of the molecule is Cc1ccccc1Nn1c(C#N)cc(=O)[nH]c1=O. The minimum atomic E-state index is -0.678. The minimum absolute atomic E-state index is 0.0491. The lowest BCUT2D eigenvalue weighted by Crippen LogP contribution is -2.35. The number of para-hydroxylation sites is 1. The Morgan fingerprint density at radius 1 is 1.33 bits per heavy atom. The first-order valence-electron chi connectivity index (χ1n) is 5.21. The molecule has 2 rings (SSSR count). The maximum Gasteiger partial charge on any atom is 0.348 e. The first-order chi connectivity index (χ1) is 8.61. The fraction of sp³-hybridized carbons (Fsp3) is 0.0833. The van der Waals surface area contributed by atoms with Gasteiger partial charge in [-0.3, -0.25) is 15.2 Å². The van der Waals surface area contributed by atoms with E-state index in [9.17, 15) is 9.59 Å². The Morgan fingerprint density at radius 2 is 2.06 bits per heavy atom. The molecule has 0 amide bonds. The van der Waals surface area contributed by atoms with Gasteiger partial charge in [0, 0.05) is 6.07 Å². The number of nitriles is 1. The summed E-state index contributed by atoms with van der Waals surface area (Å²) in [6.07, 6.45) is 0. The highest BCUT2D eigenvalue weighted by Gasteiger charge is 2.06. The molecule has 0 saturated heterocycles. The van der Waals surface area contributed by atoms with Gasteiger partial charge >= 0.3 is 5.69 Å². The number of anilines is 1. The second-order valence-electron chi connectivity index (χ2n) is 3.70. The minimum Gasteiger partial charge on any atom is -0.289 e. The molecule has 6 heteroatoms. The second-order valence-corrected chi connectivity index (χ2v) is 3.70. The summed E-state index contributed by atoms with van der Waals surface area (Å²) in [6, 6.07) is 10.2. The molecule has 18 heavy (non-hydrogen) atoms. The van der Waals surface area contributed by atoms with Crippen LogP contribution in [0.4, 0.5) is 5.69 Å². The number of aromatic amines is 1. The Morgan fingerprint density at radius 3 is 2.72 bits per heavy atom. The molecule has 6 nitrogen and oxygen atoms in total. The Labute approximate surface area is 102 Å². The third-order valence-corrected chi connectivity index (χ3v) is 2.43. The summed E-state index contributed by atoms with van der Waals surface area (Å²) in [5.41, 5.74) is 3.07. The van der Waals surface area contributed by atoms with Gasteiger partial charge in [-0.2, -0.15) is 9.94 Å². The summed E-state index contributed by atoms with van der Waals surface area (Å²) >= 11 is 0. The molecule has 0 aliphatic heterocycles. The van der Waals surface area contributed by atoms with Crippen LogP contribution in [0.25, 0.3) is 0 Å². The number of aromatic nitrogens is 2. The molecule has 1 heterocycles. The maximum atomic E-state index is 11.6. The van der Waals surface area contributed by atoms with Crippen LogP contribution < -0.4 is 16.7 Å². The smallest absolute Gasteiger partial charge is 0.289 e. The molecule has 1 aromatic carbocycles. The van der Waals surface area contributed by atoms with Gasteiger partial charge in [0.1, 0.15) is 6.07 Å². The number of aryl methyl sites for hydroxylation is 1. The molecule has 2 N–H and O–H groups in total. The molecule has 0 aliphatic carbocycles. The third-order valence-electron chi connectivity index (χ3n) is 2.43. The standard InChI is InChI=1S/C12H10N4O2/c1-8-4-2-3-5-10(8)15-16-9(7-13)6-11(17)14-12(16)18/h2-6,15H,1H3,(H,14,17,18). The van der Waals surface area contributed by atoms with Crippen LogP contribution in [0.2, 0.25) is 0 Å². The zero-order valence-electron chi connectivity index (χ0n) is 9.60. The third kappa shape index (κ3) is 2.15. The molecular formula is C12H10N4O2. The first kappa shape index (κ1) is 11.7. The van der Waals surface area contributed by atoms with E-state index >= 15 is 0 Å². The van der Waals surface area contributed by atoms with E-state index in [1.807, 2.05) is 19.1 Å². The molecule has 0 aliphatic rings. The van der Waals surface area contributed by atoms with Crippen LogP contribution in [0.1, 0.15) is 11.3 Å². The Balaban J connectivity index is 2.54. The first-order valence-corrected chi connectivity index (χ1v) is 5.21. The van der Waals surface area contributed by atoms with Crippen LogP contribution >= 0.6 is 0 Å².